The van der Waals surface area contributed by atoms with Crippen molar-refractivity contribution in [3.05, 3.63) is 72.1 Å². The number of allylic oxidation sites excluding steroid dienone is 7. The minimum Gasteiger partial charge on any atom is -0.246 e. The van der Waals surface area contributed by atoms with Crippen LogP contribution in [0.15, 0.2) is 60.8 Å². The summed E-state index contributed by atoms with van der Waals surface area (Å²) in [7, 11) is 0. The summed E-state index contributed by atoms with van der Waals surface area (Å²) in [5.41, 5.74) is 1.46. The molecule has 1 aromatic rings. The van der Waals surface area contributed by atoms with Gasteiger partial charge in [-0.25, -0.2) is 18.7 Å². The topological polar surface area (TPSA) is 25.8 Å². The van der Waals surface area contributed by atoms with Gasteiger partial charge >= 0.3 is 0 Å². The third-order valence-electron chi connectivity index (χ3n) is 7.00. The van der Waals surface area contributed by atoms with Crippen LogP contribution < -0.4 is 0 Å². The quantitative estimate of drug-likeness (QED) is 0.514. The number of nitrogens with zero attached hydrogens (tertiary/aromatic N) is 2. The molecule has 154 valence electrons. The molecule has 0 saturated heterocycles. The standard InChI is InChI=1S/C25H30F2N2/c1-2-17-3-5-19(6-4-17)23-15-28-25(29-16-23)20-9-7-18(8-10-20)21-11-12-22(14-26)24(27)13-21/h2,7,9,12-13,15-21H,1,3-6,8,10-11,14H2. The van der Waals surface area contributed by atoms with Crippen LogP contribution in [-0.2, 0) is 0 Å². The first-order valence-corrected chi connectivity index (χ1v) is 10.9. The summed E-state index contributed by atoms with van der Waals surface area (Å²) in [6.45, 7) is 3.20. The Morgan fingerprint density at radius 2 is 1.76 bits per heavy atom. The third kappa shape index (κ3) is 4.57. The van der Waals surface area contributed by atoms with Crippen LogP contribution in [0.3, 0.4) is 0 Å². The van der Waals surface area contributed by atoms with Gasteiger partial charge in [0.2, 0.25) is 0 Å². The molecule has 1 fully saturated rings. The minimum atomic E-state index is -0.722. The van der Waals surface area contributed by atoms with Crippen LogP contribution in [0.5, 0.6) is 0 Å². The lowest BCUT2D eigenvalue weighted by molar-refractivity contribution is 0.374. The van der Waals surface area contributed by atoms with Crippen molar-refractivity contribution in [2.45, 2.75) is 56.8 Å². The second-order valence-corrected chi connectivity index (χ2v) is 8.73. The Hall–Kier alpha value is -2.10. The number of hydrogen-bond acceptors (Lipinski definition) is 2. The second kappa shape index (κ2) is 9.15. The minimum absolute atomic E-state index is 0.122. The Balaban J connectivity index is 1.35. The van der Waals surface area contributed by atoms with E-state index in [-0.39, 0.29) is 23.2 Å². The van der Waals surface area contributed by atoms with Gasteiger partial charge in [-0.3, -0.25) is 0 Å². The molecule has 3 aliphatic carbocycles. The van der Waals surface area contributed by atoms with E-state index in [1.54, 1.807) is 12.2 Å². The number of rotatable bonds is 5. The Kier molecular flexibility index (Phi) is 6.37. The van der Waals surface area contributed by atoms with Gasteiger partial charge in [-0.2, -0.15) is 0 Å². The van der Waals surface area contributed by atoms with Crippen LogP contribution >= 0.6 is 0 Å². The maximum Gasteiger partial charge on any atom is 0.135 e. The zero-order chi connectivity index (χ0) is 20.2. The first-order chi connectivity index (χ1) is 14.2. The Morgan fingerprint density at radius 3 is 2.34 bits per heavy atom. The van der Waals surface area contributed by atoms with Crippen molar-refractivity contribution in [2.75, 3.05) is 6.67 Å². The van der Waals surface area contributed by atoms with E-state index in [1.807, 2.05) is 12.4 Å². The van der Waals surface area contributed by atoms with E-state index in [0.29, 0.717) is 24.2 Å². The molecule has 3 aliphatic rings. The van der Waals surface area contributed by atoms with Crippen LogP contribution in [-0.4, -0.2) is 16.6 Å². The molecule has 4 heteroatoms. The van der Waals surface area contributed by atoms with Crippen molar-refractivity contribution in [1.82, 2.24) is 9.97 Å². The summed E-state index contributed by atoms with van der Waals surface area (Å²) in [6.07, 6.45) is 21.3. The van der Waals surface area contributed by atoms with Crippen molar-refractivity contribution < 1.29 is 8.78 Å². The zero-order valence-corrected chi connectivity index (χ0v) is 16.9. The van der Waals surface area contributed by atoms with Crippen LogP contribution in [0.25, 0.3) is 0 Å². The predicted octanol–water partition coefficient (Wildman–Crippen LogP) is 6.76. The molecule has 3 atom stereocenters. The molecule has 1 heterocycles. The first-order valence-electron chi connectivity index (χ1n) is 10.9. The molecular formula is C25H30F2N2. The van der Waals surface area contributed by atoms with Crippen molar-refractivity contribution in [2.24, 2.45) is 17.8 Å². The number of hydrogen-bond donors (Lipinski definition) is 0. The summed E-state index contributed by atoms with van der Waals surface area (Å²) in [5.74, 6) is 2.38. The van der Waals surface area contributed by atoms with E-state index in [9.17, 15) is 8.78 Å². The lowest BCUT2D eigenvalue weighted by Crippen LogP contribution is -2.18. The monoisotopic (exact) mass is 396 g/mol. The van der Waals surface area contributed by atoms with E-state index < -0.39 is 6.67 Å². The Morgan fingerprint density at radius 1 is 1.00 bits per heavy atom. The average Bonchev–Trinajstić information content (AvgIpc) is 2.79. The van der Waals surface area contributed by atoms with Gasteiger partial charge in [0.1, 0.15) is 18.3 Å². The number of alkyl halides is 1. The van der Waals surface area contributed by atoms with Crippen molar-refractivity contribution in [3.8, 4) is 0 Å². The van der Waals surface area contributed by atoms with Gasteiger partial charge in [-0.15, -0.1) is 6.58 Å². The van der Waals surface area contributed by atoms with E-state index in [1.165, 1.54) is 31.2 Å². The van der Waals surface area contributed by atoms with E-state index in [4.69, 9.17) is 0 Å². The van der Waals surface area contributed by atoms with E-state index >= 15 is 0 Å². The first kappa shape index (κ1) is 20.2. The van der Waals surface area contributed by atoms with E-state index in [0.717, 1.165) is 18.7 Å². The third-order valence-corrected chi connectivity index (χ3v) is 7.00. The summed E-state index contributed by atoms with van der Waals surface area (Å²) in [4.78, 5) is 9.36. The molecule has 2 nitrogen and oxygen atoms in total. The Bertz CT molecular complexity index is 801. The van der Waals surface area contributed by atoms with Gasteiger partial charge in [-0.1, -0.05) is 24.3 Å². The molecule has 0 aromatic carbocycles. The maximum absolute atomic E-state index is 13.9. The molecular weight excluding hydrogens is 366 g/mol. The van der Waals surface area contributed by atoms with Gasteiger partial charge in [0, 0.05) is 23.9 Å². The molecule has 3 unspecified atom stereocenters. The molecule has 0 bridgehead atoms. The molecule has 0 aliphatic heterocycles. The highest BCUT2D eigenvalue weighted by Gasteiger charge is 2.27. The predicted molar refractivity (Wildman–Crippen MR) is 113 cm³/mol. The van der Waals surface area contributed by atoms with Crippen molar-refractivity contribution in [1.29, 1.82) is 0 Å². The van der Waals surface area contributed by atoms with Crippen LogP contribution in [0.1, 0.15) is 68.2 Å². The van der Waals surface area contributed by atoms with Gasteiger partial charge in [0.05, 0.1) is 0 Å². The van der Waals surface area contributed by atoms with Gasteiger partial charge in [0.25, 0.3) is 0 Å². The summed E-state index contributed by atoms with van der Waals surface area (Å²) >= 11 is 0. The van der Waals surface area contributed by atoms with Gasteiger partial charge in [-0.05, 0) is 80.3 Å². The number of aromatic nitrogens is 2. The molecule has 4 rings (SSSR count). The molecule has 29 heavy (non-hydrogen) atoms. The maximum atomic E-state index is 13.9. The van der Waals surface area contributed by atoms with Crippen molar-refractivity contribution in [3.63, 3.8) is 0 Å². The fraction of sp³-hybridized carbons (Fsp3) is 0.520. The van der Waals surface area contributed by atoms with E-state index in [2.05, 4.69) is 34.8 Å². The molecule has 0 spiro atoms. The number of halogens is 2. The lowest BCUT2D eigenvalue weighted by Gasteiger charge is -2.29. The molecule has 1 aromatic heterocycles. The van der Waals surface area contributed by atoms with Gasteiger partial charge < -0.3 is 0 Å². The highest BCUT2D eigenvalue weighted by molar-refractivity contribution is 5.31. The zero-order valence-electron chi connectivity index (χ0n) is 16.9. The fourth-order valence-electron chi connectivity index (χ4n) is 5.01. The molecule has 0 radical (unpaired) electrons. The van der Waals surface area contributed by atoms with Crippen LogP contribution in [0, 0.1) is 17.8 Å². The summed E-state index contributed by atoms with van der Waals surface area (Å²) in [6, 6.07) is 0. The van der Waals surface area contributed by atoms with Crippen LogP contribution in [0.2, 0.25) is 0 Å². The molecule has 0 amide bonds. The highest BCUT2D eigenvalue weighted by atomic mass is 19.1. The summed E-state index contributed by atoms with van der Waals surface area (Å²) in [5, 5.41) is 0. The van der Waals surface area contributed by atoms with Crippen molar-refractivity contribution >= 4 is 0 Å². The Labute approximate surface area is 172 Å². The largest absolute Gasteiger partial charge is 0.246 e. The molecule has 0 N–H and O–H groups in total. The highest BCUT2D eigenvalue weighted by Crippen LogP contribution is 2.38. The second-order valence-electron chi connectivity index (χ2n) is 8.73. The summed E-state index contributed by atoms with van der Waals surface area (Å²) < 4.78 is 26.7. The lowest BCUT2D eigenvalue weighted by atomic mass is 9.77. The SMILES string of the molecule is C=CC1CCC(c2cnc(C3C=CC(C4C=C(F)C(CF)=CC4)CC3)nc2)CC1. The smallest absolute Gasteiger partial charge is 0.135 e. The van der Waals surface area contributed by atoms with Crippen LogP contribution in [0.4, 0.5) is 8.78 Å². The normalized spacial score (nSPS) is 32.4. The fourth-order valence-corrected chi connectivity index (χ4v) is 5.01. The molecule has 1 saturated carbocycles. The average molecular weight is 397 g/mol. The van der Waals surface area contributed by atoms with Gasteiger partial charge in [0.15, 0.2) is 0 Å².